The molecule has 0 unspecified atom stereocenters. The molecular formula is C29H48F3NO4Si. The van der Waals surface area contributed by atoms with E-state index in [1.807, 2.05) is 0 Å². The monoisotopic (exact) mass is 559 g/mol. The van der Waals surface area contributed by atoms with Crippen molar-refractivity contribution >= 4 is 20.0 Å². The third-order valence-corrected chi connectivity index (χ3v) is 15.9. The van der Waals surface area contributed by atoms with Gasteiger partial charge in [0.05, 0.1) is 6.26 Å². The zero-order valence-electron chi connectivity index (χ0n) is 24.4. The molecule has 0 aromatic rings. The molecule has 2 N–H and O–H groups in total. The molecule has 0 aromatic carbocycles. The summed E-state index contributed by atoms with van der Waals surface area (Å²) in [5.74, 6) is -1.64. The minimum Gasteiger partial charge on any atom is -0.515 e. The highest BCUT2D eigenvalue weighted by molar-refractivity contribution is 6.74. The molecule has 3 saturated carbocycles. The first-order chi connectivity index (χ1) is 17.3. The first-order valence-electron chi connectivity index (χ1n) is 14.1. The van der Waals surface area contributed by atoms with E-state index in [9.17, 15) is 27.9 Å². The molecule has 218 valence electrons. The van der Waals surface area contributed by atoms with Gasteiger partial charge in [0, 0.05) is 25.1 Å². The number of hydrogen-bond donors (Lipinski definition) is 2. The zero-order valence-corrected chi connectivity index (χ0v) is 25.4. The molecule has 7 atom stereocenters. The van der Waals surface area contributed by atoms with E-state index in [1.54, 1.807) is 0 Å². The number of amides is 1. The average Bonchev–Trinajstić information content (AvgIpc) is 3.10. The highest BCUT2D eigenvalue weighted by atomic mass is 28.4. The van der Waals surface area contributed by atoms with Crippen molar-refractivity contribution in [3.63, 3.8) is 0 Å². The van der Waals surface area contributed by atoms with E-state index in [1.165, 1.54) is 0 Å². The van der Waals surface area contributed by atoms with Gasteiger partial charge >= 0.3 is 12.1 Å². The zero-order chi connectivity index (χ0) is 28.9. The number of ketones is 1. The lowest BCUT2D eigenvalue weighted by Gasteiger charge is -2.57. The Morgan fingerprint density at radius 3 is 2.29 bits per heavy atom. The number of carbonyl (C=O) groups excluding carboxylic acids is 2. The van der Waals surface area contributed by atoms with E-state index >= 15 is 0 Å². The number of aliphatic hydroxyl groups is 1. The van der Waals surface area contributed by atoms with Crippen LogP contribution in [0, 0.1) is 40.4 Å². The van der Waals surface area contributed by atoms with Crippen LogP contribution in [0.15, 0.2) is 11.8 Å². The summed E-state index contributed by atoms with van der Waals surface area (Å²) in [5.41, 5.74) is -0.0818. The predicted molar refractivity (Wildman–Crippen MR) is 145 cm³/mol. The molecule has 0 bridgehead atoms. The van der Waals surface area contributed by atoms with Gasteiger partial charge in [0.2, 0.25) is 0 Å². The summed E-state index contributed by atoms with van der Waals surface area (Å²) in [4.78, 5) is 24.8. The Morgan fingerprint density at radius 2 is 1.74 bits per heavy atom. The van der Waals surface area contributed by atoms with Crippen molar-refractivity contribution in [1.29, 1.82) is 0 Å². The third-order valence-electron chi connectivity index (χ3n) is 11.4. The van der Waals surface area contributed by atoms with Crippen LogP contribution in [0.2, 0.25) is 18.1 Å². The molecule has 0 radical (unpaired) electrons. The van der Waals surface area contributed by atoms with Crippen molar-refractivity contribution in [3.05, 3.63) is 11.8 Å². The van der Waals surface area contributed by atoms with Gasteiger partial charge in [0.1, 0.15) is 0 Å². The van der Waals surface area contributed by atoms with Crippen molar-refractivity contribution in [2.75, 3.05) is 13.2 Å². The summed E-state index contributed by atoms with van der Waals surface area (Å²) in [6.07, 6.45) is 0.306. The molecule has 3 rings (SSSR count). The molecule has 5 nitrogen and oxygen atoms in total. The van der Waals surface area contributed by atoms with E-state index in [4.69, 9.17) is 4.43 Å². The standard InChI is InChI=1S/C29H48F3NO4Si/c1-18-9-10-22-21(15-33-25(36)29(30,31)32)23(11-12-27(18,22)5)28(6)14-19(16-34)24(35)13-20(28)17-37-38(7,8)26(2,3)4/h16,18,20-23,34H,9-15,17H2,1-8H3,(H,33,36)/t18-,20+,21-,22-,23-,27+,28-/m0/s1. The third kappa shape index (κ3) is 5.74. The Balaban J connectivity index is 1.99. The van der Waals surface area contributed by atoms with Crippen molar-refractivity contribution in [2.45, 2.75) is 104 Å². The maximum atomic E-state index is 13.1. The van der Waals surface area contributed by atoms with Crippen LogP contribution in [0.5, 0.6) is 0 Å². The highest BCUT2D eigenvalue weighted by Gasteiger charge is 2.58. The SMILES string of the molecule is C[C@H]1CC[C@H]2[C@H](CNC(=O)C(F)(F)F)[C@@H]([C@@]3(C)CC(=CO)C(=O)C[C@@H]3CO[Si](C)(C)C(C)(C)C)CC[C@]12C. The van der Waals surface area contributed by atoms with Gasteiger partial charge in [-0.1, -0.05) is 41.5 Å². The van der Waals surface area contributed by atoms with Crippen molar-refractivity contribution < 1.29 is 32.3 Å². The number of halogens is 3. The minimum atomic E-state index is -4.93. The van der Waals surface area contributed by atoms with Crippen LogP contribution in [-0.4, -0.2) is 44.4 Å². The number of carbonyl (C=O) groups is 2. The minimum absolute atomic E-state index is 0.00467. The normalized spacial score (nSPS) is 37.8. The molecule has 0 aromatic heterocycles. The predicted octanol–water partition coefficient (Wildman–Crippen LogP) is 7.19. The molecule has 0 aliphatic heterocycles. The maximum absolute atomic E-state index is 13.1. The summed E-state index contributed by atoms with van der Waals surface area (Å²) in [6, 6.07) is 0. The van der Waals surface area contributed by atoms with Crippen LogP contribution in [0.25, 0.3) is 0 Å². The van der Waals surface area contributed by atoms with E-state index in [0.29, 0.717) is 24.5 Å². The second kappa shape index (κ2) is 10.6. The van der Waals surface area contributed by atoms with Gasteiger partial charge in [-0.05, 0) is 90.7 Å². The highest BCUT2D eigenvalue weighted by Crippen LogP contribution is 2.64. The first kappa shape index (κ1) is 31.2. The van der Waals surface area contributed by atoms with Crippen LogP contribution in [-0.2, 0) is 14.0 Å². The molecule has 38 heavy (non-hydrogen) atoms. The van der Waals surface area contributed by atoms with Gasteiger partial charge in [0.15, 0.2) is 14.1 Å². The number of Topliss-reactive ketones (excluding diaryl/α,β-unsaturated/α-hetero) is 1. The number of allylic oxidation sites excluding steroid dienone is 1. The van der Waals surface area contributed by atoms with Crippen molar-refractivity contribution in [1.82, 2.24) is 5.32 Å². The molecule has 0 heterocycles. The molecule has 0 spiro atoms. The summed E-state index contributed by atoms with van der Waals surface area (Å²) < 4.78 is 46.1. The number of fused-ring (bicyclic) bond motifs is 1. The molecule has 9 heteroatoms. The topological polar surface area (TPSA) is 75.6 Å². The van der Waals surface area contributed by atoms with E-state index < -0.39 is 25.8 Å². The number of nitrogens with one attached hydrogen (secondary N) is 1. The molecule has 0 saturated heterocycles. The van der Waals surface area contributed by atoms with Gasteiger partial charge < -0.3 is 14.8 Å². The lowest BCUT2D eigenvalue weighted by Crippen LogP contribution is -2.55. The lowest BCUT2D eigenvalue weighted by molar-refractivity contribution is -0.174. The Bertz CT molecular complexity index is 943. The summed E-state index contributed by atoms with van der Waals surface area (Å²) >= 11 is 0. The number of hydrogen-bond acceptors (Lipinski definition) is 4. The number of rotatable bonds is 6. The lowest BCUT2D eigenvalue weighted by atomic mass is 9.48. The largest absolute Gasteiger partial charge is 0.515 e. The van der Waals surface area contributed by atoms with Crippen LogP contribution >= 0.6 is 0 Å². The Labute approximate surface area is 227 Å². The van der Waals surface area contributed by atoms with Crippen molar-refractivity contribution in [3.8, 4) is 0 Å². The summed E-state index contributed by atoms with van der Waals surface area (Å²) in [7, 11) is -2.12. The quantitative estimate of drug-likeness (QED) is 0.205. The summed E-state index contributed by atoms with van der Waals surface area (Å²) in [6.45, 7) is 17.8. The number of aliphatic hydroxyl groups excluding tert-OH is 1. The van der Waals surface area contributed by atoms with Gasteiger partial charge in [0.25, 0.3) is 0 Å². The molecule has 3 aliphatic carbocycles. The van der Waals surface area contributed by atoms with Crippen LogP contribution in [0.4, 0.5) is 13.2 Å². The van der Waals surface area contributed by atoms with Gasteiger partial charge in [-0.3, -0.25) is 9.59 Å². The van der Waals surface area contributed by atoms with Crippen molar-refractivity contribution in [2.24, 2.45) is 40.4 Å². The molecule has 1 amide bonds. The average molecular weight is 560 g/mol. The fourth-order valence-corrected chi connectivity index (χ4v) is 8.58. The molecule has 3 fully saturated rings. The van der Waals surface area contributed by atoms with Gasteiger partial charge in [-0.2, -0.15) is 13.2 Å². The Kier molecular flexibility index (Phi) is 8.67. The fraction of sp³-hybridized carbons (Fsp3) is 0.862. The maximum Gasteiger partial charge on any atom is 0.471 e. The van der Waals surface area contributed by atoms with E-state index in [0.717, 1.165) is 31.9 Å². The van der Waals surface area contributed by atoms with Crippen LogP contribution in [0.3, 0.4) is 0 Å². The van der Waals surface area contributed by atoms with Crippen LogP contribution < -0.4 is 5.32 Å². The second-order valence-corrected chi connectivity index (χ2v) is 19.1. The van der Waals surface area contributed by atoms with E-state index in [-0.39, 0.29) is 52.9 Å². The van der Waals surface area contributed by atoms with Gasteiger partial charge in [-0.25, -0.2) is 0 Å². The smallest absolute Gasteiger partial charge is 0.471 e. The van der Waals surface area contributed by atoms with E-state index in [2.05, 4.69) is 60.0 Å². The molecule has 3 aliphatic rings. The van der Waals surface area contributed by atoms with Gasteiger partial charge in [-0.15, -0.1) is 0 Å². The Morgan fingerprint density at radius 1 is 1.13 bits per heavy atom. The fourth-order valence-electron chi connectivity index (χ4n) is 7.53. The first-order valence-corrected chi connectivity index (χ1v) is 17.0. The number of alkyl halides is 3. The summed E-state index contributed by atoms with van der Waals surface area (Å²) in [5, 5.41) is 12.1. The van der Waals surface area contributed by atoms with Crippen LogP contribution in [0.1, 0.15) is 80.1 Å². The Hall–Kier alpha value is -1.35. The molecular weight excluding hydrogens is 511 g/mol. The second-order valence-electron chi connectivity index (χ2n) is 14.3.